The minimum absolute atomic E-state index is 0.219. The maximum absolute atomic E-state index is 9.56. The molecule has 0 radical (unpaired) electrons. The molecule has 2 rings (SSSR count). The zero-order valence-electron chi connectivity index (χ0n) is 11.3. The fourth-order valence-electron chi connectivity index (χ4n) is 2.51. The van der Waals surface area contributed by atoms with E-state index in [0.717, 1.165) is 23.6 Å². The largest absolute Gasteiger partial charge is 0.367 e. The van der Waals surface area contributed by atoms with Gasteiger partial charge in [-0.3, -0.25) is 0 Å². The van der Waals surface area contributed by atoms with Gasteiger partial charge in [0.05, 0.1) is 6.07 Å². The maximum atomic E-state index is 9.56. The first-order valence-electron chi connectivity index (χ1n) is 6.29. The van der Waals surface area contributed by atoms with Gasteiger partial charge in [0.15, 0.2) is 0 Å². The molecule has 1 N–H and O–H groups in total. The zero-order chi connectivity index (χ0) is 13.2. The molecule has 3 heteroatoms. The van der Waals surface area contributed by atoms with Gasteiger partial charge < -0.3 is 5.32 Å². The van der Waals surface area contributed by atoms with Gasteiger partial charge in [-0.15, -0.1) is 0 Å². The Bertz CT molecular complexity index is 458. The van der Waals surface area contributed by atoms with Crippen LogP contribution in [0.3, 0.4) is 0 Å². The number of thioether (sulfide) groups is 1. The highest BCUT2D eigenvalue weighted by Crippen LogP contribution is 2.40. The van der Waals surface area contributed by atoms with Crippen LogP contribution in [0.2, 0.25) is 0 Å². The quantitative estimate of drug-likeness (QED) is 0.877. The Labute approximate surface area is 114 Å². The number of anilines is 1. The van der Waals surface area contributed by atoms with Crippen molar-refractivity contribution in [1.82, 2.24) is 0 Å². The zero-order valence-corrected chi connectivity index (χ0v) is 12.1. The summed E-state index contributed by atoms with van der Waals surface area (Å²) in [6.07, 6.45) is 0.900. The van der Waals surface area contributed by atoms with Crippen LogP contribution in [-0.2, 0) is 0 Å². The number of hydrogen-bond donors (Lipinski definition) is 1. The minimum Gasteiger partial charge on any atom is -0.367 e. The molecule has 1 atom stereocenters. The smallest absolute Gasteiger partial charge is 0.135 e. The van der Waals surface area contributed by atoms with Gasteiger partial charge in [0, 0.05) is 11.4 Å². The van der Waals surface area contributed by atoms with Gasteiger partial charge >= 0.3 is 0 Å². The summed E-state index contributed by atoms with van der Waals surface area (Å²) in [5, 5.41) is 13.0. The molecule has 1 fully saturated rings. The van der Waals surface area contributed by atoms with Crippen molar-refractivity contribution < 1.29 is 0 Å². The molecule has 1 unspecified atom stereocenters. The number of nitrogens with zero attached hydrogens (tertiary/aromatic N) is 1. The van der Waals surface area contributed by atoms with E-state index in [9.17, 15) is 5.26 Å². The lowest BCUT2D eigenvalue weighted by molar-refractivity contribution is 0.324. The number of rotatable bonds is 2. The van der Waals surface area contributed by atoms with Crippen LogP contribution in [0.4, 0.5) is 5.69 Å². The van der Waals surface area contributed by atoms with Crippen LogP contribution in [0, 0.1) is 23.7 Å². The average molecular weight is 260 g/mol. The molecule has 96 valence electrons. The molecule has 2 nitrogen and oxygen atoms in total. The standard InChI is InChI=1S/C15H20N2S/c1-12-4-6-13(7-5-12)17-15(9-16)8-14(2,3)10-18-11-15/h4-7,17H,8,10-11H2,1-3H3. The molecular formula is C15H20N2S. The molecule has 1 saturated heterocycles. The topological polar surface area (TPSA) is 35.8 Å². The molecule has 18 heavy (non-hydrogen) atoms. The van der Waals surface area contributed by atoms with Crippen LogP contribution >= 0.6 is 11.8 Å². The van der Waals surface area contributed by atoms with Gasteiger partial charge in [0.25, 0.3) is 0 Å². The van der Waals surface area contributed by atoms with E-state index in [4.69, 9.17) is 0 Å². The van der Waals surface area contributed by atoms with Crippen molar-refractivity contribution in [1.29, 1.82) is 5.26 Å². The third kappa shape index (κ3) is 3.00. The van der Waals surface area contributed by atoms with Crippen LogP contribution in [0.5, 0.6) is 0 Å². The van der Waals surface area contributed by atoms with Crippen LogP contribution in [0.1, 0.15) is 25.8 Å². The molecule has 1 heterocycles. The molecule has 1 aromatic carbocycles. The molecule has 0 saturated carbocycles. The molecule has 0 amide bonds. The number of hydrogen-bond acceptors (Lipinski definition) is 3. The van der Waals surface area contributed by atoms with Gasteiger partial charge in [-0.25, -0.2) is 0 Å². The number of nitrogens with one attached hydrogen (secondary N) is 1. The van der Waals surface area contributed by atoms with E-state index in [1.54, 1.807) is 0 Å². The SMILES string of the molecule is Cc1ccc(NC2(C#N)CSCC(C)(C)C2)cc1. The van der Waals surface area contributed by atoms with Crippen molar-refractivity contribution in [2.45, 2.75) is 32.7 Å². The van der Waals surface area contributed by atoms with Crippen LogP contribution in [-0.4, -0.2) is 17.0 Å². The minimum atomic E-state index is -0.429. The van der Waals surface area contributed by atoms with Crippen molar-refractivity contribution in [3.8, 4) is 6.07 Å². The summed E-state index contributed by atoms with van der Waals surface area (Å²) in [5.74, 6) is 1.99. The molecule has 1 aliphatic rings. The van der Waals surface area contributed by atoms with Gasteiger partial charge in [-0.1, -0.05) is 31.5 Å². The number of nitriles is 1. The van der Waals surface area contributed by atoms with E-state index in [1.807, 2.05) is 11.8 Å². The second kappa shape index (κ2) is 4.85. The third-order valence-electron chi connectivity index (χ3n) is 3.27. The molecule has 0 aliphatic carbocycles. The second-order valence-corrected chi connectivity index (χ2v) is 7.00. The predicted molar refractivity (Wildman–Crippen MR) is 78.9 cm³/mol. The highest BCUT2D eigenvalue weighted by Gasteiger charge is 2.40. The van der Waals surface area contributed by atoms with Crippen LogP contribution in [0.15, 0.2) is 24.3 Å². The second-order valence-electron chi connectivity index (χ2n) is 6.02. The molecule has 1 aromatic rings. The molecular weight excluding hydrogens is 240 g/mol. The first-order chi connectivity index (χ1) is 8.45. The third-order valence-corrected chi connectivity index (χ3v) is 4.95. The lowest BCUT2D eigenvalue weighted by atomic mass is 9.80. The summed E-state index contributed by atoms with van der Waals surface area (Å²) in [6, 6.07) is 10.8. The lowest BCUT2D eigenvalue weighted by Gasteiger charge is -2.41. The van der Waals surface area contributed by atoms with E-state index < -0.39 is 5.54 Å². The Morgan fingerprint density at radius 2 is 1.89 bits per heavy atom. The first kappa shape index (κ1) is 13.3. The summed E-state index contributed by atoms with van der Waals surface area (Å²) in [5.41, 5.74) is 2.07. The van der Waals surface area contributed by atoms with E-state index in [2.05, 4.69) is 56.4 Å². The van der Waals surface area contributed by atoms with Gasteiger partial charge in [-0.05, 0) is 36.6 Å². The lowest BCUT2D eigenvalue weighted by Crippen LogP contribution is -2.47. The van der Waals surface area contributed by atoms with Crippen molar-refractivity contribution in [2.75, 3.05) is 16.8 Å². The van der Waals surface area contributed by atoms with Crippen molar-refractivity contribution in [3.63, 3.8) is 0 Å². The van der Waals surface area contributed by atoms with E-state index >= 15 is 0 Å². The summed E-state index contributed by atoms with van der Waals surface area (Å²) >= 11 is 1.87. The van der Waals surface area contributed by atoms with E-state index in [0.29, 0.717) is 0 Å². The van der Waals surface area contributed by atoms with Crippen LogP contribution < -0.4 is 5.32 Å². The Kier molecular flexibility index (Phi) is 3.59. The Hall–Kier alpha value is -1.14. The molecule has 0 bridgehead atoms. The molecule has 0 spiro atoms. The van der Waals surface area contributed by atoms with E-state index in [1.165, 1.54) is 5.56 Å². The first-order valence-corrected chi connectivity index (χ1v) is 7.44. The summed E-state index contributed by atoms with van der Waals surface area (Å²) in [4.78, 5) is 0. The highest BCUT2D eigenvalue weighted by atomic mass is 32.2. The summed E-state index contributed by atoms with van der Waals surface area (Å²) < 4.78 is 0. The Balaban J connectivity index is 2.18. The van der Waals surface area contributed by atoms with Gasteiger partial charge in [0.2, 0.25) is 0 Å². The molecule has 0 aromatic heterocycles. The Morgan fingerprint density at radius 1 is 1.22 bits per heavy atom. The fourth-order valence-corrected chi connectivity index (χ4v) is 3.86. The summed E-state index contributed by atoms with van der Waals surface area (Å²) in [7, 11) is 0. The average Bonchev–Trinajstić information content (AvgIpc) is 2.31. The van der Waals surface area contributed by atoms with Crippen molar-refractivity contribution in [3.05, 3.63) is 29.8 Å². The van der Waals surface area contributed by atoms with Crippen LogP contribution in [0.25, 0.3) is 0 Å². The van der Waals surface area contributed by atoms with E-state index in [-0.39, 0.29) is 5.41 Å². The number of aryl methyl sites for hydroxylation is 1. The summed E-state index contributed by atoms with van der Waals surface area (Å²) in [6.45, 7) is 6.55. The molecule has 1 aliphatic heterocycles. The van der Waals surface area contributed by atoms with Crippen molar-refractivity contribution in [2.24, 2.45) is 5.41 Å². The van der Waals surface area contributed by atoms with Crippen molar-refractivity contribution >= 4 is 17.4 Å². The normalized spacial score (nSPS) is 26.3. The van der Waals surface area contributed by atoms with Gasteiger partial charge in [-0.2, -0.15) is 17.0 Å². The highest BCUT2D eigenvalue weighted by molar-refractivity contribution is 7.99. The van der Waals surface area contributed by atoms with Gasteiger partial charge in [0.1, 0.15) is 5.54 Å². The monoisotopic (exact) mass is 260 g/mol. The number of benzene rings is 1. The predicted octanol–water partition coefficient (Wildman–Crippen LogP) is 3.83. The maximum Gasteiger partial charge on any atom is 0.135 e. The fraction of sp³-hybridized carbons (Fsp3) is 0.533. The Morgan fingerprint density at radius 3 is 2.44 bits per heavy atom.